The van der Waals surface area contributed by atoms with E-state index in [1.54, 1.807) is 34.0 Å². The van der Waals surface area contributed by atoms with Gasteiger partial charge in [0.05, 0.1) is 12.2 Å². The standard InChI is InChI=1S/C13H18O.C13H16O.C13H18O.C13H16O.C13H18.3C12H17N.2C12H16.C9H12.C8H11N/c2*1-9(2)10-6-7-12-11(8-10)4-3-5-13(12)14;2*1-9(2)11-7-6-10-4-3-5-13(14)12(10)8-11;1-10(2)12-8-7-11-5-3-4-6-13(11)9-12;1-9(2)10-3-4-12-8-13-6-5-11(12)7-10;1-9(2)11-4-3-10-5-6-13-8-12(10)7-11;1-9(2)11-6-5-10-4-3-7-13-12(10)8-11;1-9(2)11-8-7-10-5-3-4-6-12(10)11;1-9(2)11-8-12(11)10-6-4-3-5-7-10;1-8(2)9-6-4-3-5-7-9;1-7(2)8-4-3-5-9-6-8/h6-9,13-14H,3-5H2,1-2H3;6-9H,3-5H2,1-2H3;6-9,13-14H,3-5H2,1-2H3;6-9H,3-5H2,1-2H3;7-10H,3-6H2,1-2H3;2*3-4,7,9,13H,5-6,8H2,1-2H3;5-6,8-9,13H,3-4,7H2,1-2H3;3-6,9,11H,7-8H2,1-2H3;3-7,9,11-12H,8H2,1-2H3;3-8H,1-2H3;3-7H,1-2H3. The maximum atomic E-state index is 11.7. The molecule has 0 radical (unpaired) electrons. The number of Topliss-reactive ketones (excluding diaryl/α,β-unsaturated/α-hetero) is 2. The molecule has 11 aromatic carbocycles. The number of aryl methyl sites for hydroxylation is 8. The molecule has 12 aromatic rings. The van der Waals surface area contributed by atoms with Crippen LogP contribution in [0.3, 0.4) is 0 Å². The number of aliphatic hydroxyl groups excluding tert-OH is 2. The SMILES string of the molecule is CC(C)C1CC1c1ccccc1.CC(C)C1CCc2ccccc21.CC(C)c1ccc2c(c1)C(=O)CCC2.CC(C)c1ccc2c(c1)C(O)CCC2.CC(C)c1ccc2c(c1)CCCC2.CC(C)c1ccc2c(c1)CCCC2=O.CC(C)c1ccc2c(c1)CCCC2O.CC(C)c1ccc2c(c1)CCNC2.CC(C)c1ccc2c(c1)CNCC2.CC(C)c1ccc2c(c1)NCCC2.CC(C)c1ccccc1.CC(C)c1cccnc1. The van der Waals surface area contributed by atoms with Crippen molar-refractivity contribution in [3.8, 4) is 0 Å². The highest BCUT2D eigenvalue weighted by molar-refractivity contribution is 5.99. The van der Waals surface area contributed by atoms with E-state index in [-0.39, 0.29) is 12.2 Å². The van der Waals surface area contributed by atoms with Gasteiger partial charge in [0, 0.05) is 61.7 Å². The zero-order chi connectivity index (χ0) is 108. The van der Waals surface area contributed by atoms with Crippen LogP contribution in [0.4, 0.5) is 5.69 Å². The molecule has 804 valence electrons. The number of nitrogens with zero attached hydrogens (tertiary/aromatic N) is 1. The summed E-state index contributed by atoms with van der Waals surface area (Å²) >= 11 is 0. The summed E-state index contributed by atoms with van der Waals surface area (Å²) in [4.78, 5) is 27.2. The summed E-state index contributed by atoms with van der Waals surface area (Å²) in [6.07, 6.45) is 29.6. The number of hydrogen-bond acceptors (Lipinski definition) is 8. The zero-order valence-electron chi connectivity index (χ0n) is 97.0. The van der Waals surface area contributed by atoms with Gasteiger partial charge in [0.15, 0.2) is 11.6 Å². The molecular weight excluding hydrogens is 1830 g/mol. The van der Waals surface area contributed by atoms with Gasteiger partial charge in [0.2, 0.25) is 0 Å². The summed E-state index contributed by atoms with van der Waals surface area (Å²) in [5, 5.41) is 29.9. The van der Waals surface area contributed by atoms with Crippen LogP contribution in [0.15, 0.2) is 255 Å². The summed E-state index contributed by atoms with van der Waals surface area (Å²) in [7, 11) is 0. The molecule has 8 nitrogen and oxygen atoms in total. The number of pyridine rings is 1. The van der Waals surface area contributed by atoms with Gasteiger partial charge in [-0.3, -0.25) is 14.6 Å². The third kappa shape index (κ3) is 36.9. The van der Waals surface area contributed by atoms with Crippen molar-refractivity contribution in [3.63, 3.8) is 0 Å². The lowest BCUT2D eigenvalue weighted by atomic mass is 9.86. The molecule has 5 N–H and O–H groups in total. The summed E-state index contributed by atoms with van der Waals surface area (Å²) in [6.45, 7) is 59.1. The highest BCUT2D eigenvalue weighted by Crippen LogP contribution is 2.52. The van der Waals surface area contributed by atoms with Crippen molar-refractivity contribution >= 4 is 17.3 Å². The Hall–Kier alpha value is -10.5. The number of ketones is 2. The van der Waals surface area contributed by atoms with Crippen molar-refractivity contribution in [2.24, 2.45) is 17.8 Å². The first-order chi connectivity index (χ1) is 72.0. The number of carbonyl (C=O) groups is 2. The van der Waals surface area contributed by atoms with Crippen LogP contribution in [0.1, 0.15) is 498 Å². The Kier molecular flexibility index (Phi) is 48.6. The van der Waals surface area contributed by atoms with E-state index in [4.69, 9.17) is 0 Å². The minimum absolute atomic E-state index is 0.222. The second kappa shape index (κ2) is 60.9. The number of hydrogen-bond donors (Lipinski definition) is 5. The number of rotatable bonds is 13. The van der Waals surface area contributed by atoms with Crippen LogP contribution in [0.5, 0.6) is 0 Å². The van der Waals surface area contributed by atoms with Gasteiger partial charge in [-0.15, -0.1) is 0 Å². The predicted molar refractivity (Wildman–Crippen MR) is 642 cm³/mol. The van der Waals surface area contributed by atoms with Gasteiger partial charge in [0.25, 0.3) is 0 Å². The van der Waals surface area contributed by atoms with Gasteiger partial charge in [-0.2, -0.15) is 0 Å². The third-order valence-corrected chi connectivity index (χ3v) is 32.2. The van der Waals surface area contributed by atoms with E-state index in [1.165, 1.54) is 188 Å². The normalized spacial score (nSPS) is 17.5. The van der Waals surface area contributed by atoms with Gasteiger partial charge in [0.1, 0.15) is 0 Å². The topological polar surface area (TPSA) is 124 Å². The van der Waals surface area contributed by atoms with Crippen LogP contribution >= 0.6 is 0 Å². The molecule has 1 saturated carbocycles. The quantitative estimate of drug-likeness (QED) is 0.0774. The van der Waals surface area contributed by atoms with E-state index in [0.717, 1.165) is 156 Å². The molecule has 1 fully saturated rings. The number of aromatic nitrogens is 1. The Bertz CT molecular complexity index is 5790. The minimum Gasteiger partial charge on any atom is -0.388 e. The zero-order valence-corrected chi connectivity index (χ0v) is 97.0. The van der Waals surface area contributed by atoms with Crippen molar-refractivity contribution in [1.29, 1.82) is 0 Å². The van der Waals surface area contributed by atoms with Crippen molar-refractivity contribution in [3.05, 3.63) is 411 Å². The molecule has 0 bridgehead atoms. The number of nitrogens with one attached hydrogen (secondary N) is 3. The minimum atomic E-state index is -0.225. The fourth-order valence-electron chi connectivity index (χ4n) is 21.9. The van der Waals surface area contributed by atoms with Gasteiger partial charge >= 0.3 is 0 Å². The molecule has 150 heavy (non-hydrogen) atoms. The average Bonchev–Trinajstić information content (AvgIpc) is 1.64. The molecule has 5 atom stereocenters. The van der Waals surface area contributed by atoms with Crippen LogP contribution in [-0.2, 0) is 77.3 Å². The van der Waals surface area contributed by atoms with Gasteiger partial charge in [-0.1, -0.05) is 391 Å². The monoisotopic (exact) mass is 2020 g/mol. The average molecular weight is 2020 g/mol. The molecule has 5 unspecified atom stereocenters. The first-order valence-electron chi connectivity index (χ1n) is 58.6. The third-order valence-electron chi connectivity index (χ3n) is 32.2. The Morgan fingerprint density at radius 1 is 0.267 bits per heavy atom. The maximum Gasteiger partial charge on any atom is 0.163 e. The van der Waals surface area contributed by atoms with Crippen molar-refractivity contribution in [1.82, 2.24) is 15.6 Å². The van der Waals surface area contributed by atoms with Crippen LogP contribution in [0.2, 0.25) is 0 Å². The largest absolute Gasteiger partial charge is 0.388 e. The molecule has 3 aliphatic heterocycles. The molecular formula is C142H192N4O4. The Morgan fingerprint density at radius 3 is 1.22 bits per heavy atom. The van der Waals surface area contributed by atoms with E-state index in [0.29, 0.717) is 70.7 Å². The first kappa shape index (κ1) is 120. The molecule has 22 rings (SSSR count). The lowest BCUT2D eigenvalue weighted by Gasteiger charge is -2.22. The van der Waals surface area contributed by atoms with E-state index in [2.05, 4.69) is 412 Å². The lowest BCUT2D eigenvalue weighted by Crippen LogP contribution is -2.23. The van der Waals surface area contributed by atoms with Crippen molar-refractivity contribution < 1.29 is 19.8 Å². The number of benzene rings is 11. The fourth-order valence-corrected chi connectivity index (χ4v) is 21.9. The van der Waals surface area contributed by atoms with E-state index in [9.17, 15) is 19.8 Å². The van der Waals surface area contributed by atoms with Crippen LogP contribution < -0.4 is 16.0 Å². The number of aliphatic hydroxyl groups is 2. The molecule has 4 heterocycles. The molecule has 7 aliphatic carbocycles. The van der Waals surface area contributed by atoms with E-state index >= 15 is 0 Å². The molecule has 1 aromatic heterocycles. The Balaban J connectivity index is 0.000000155. The molecule has 0 saturated heterocycles. The highest BCUT2D eigenvalue weighted by Gasteiger charge is 2.40. The highest BCUT2D eigenvalue weighted by atomic mass is 16.3. The molecule has 8 heteroatoms. The number of fused-ring (bicyclic) bond motifs is 9. The van der Waals surface area contributed by atoms with Gasteiger partial charge in [-0.25, -0.2) is 0 Å². The number of carbonyl (C=O) groups excluding carboxylic acids is 2. The van der Waals surface area contributed by atoms with Gasteiger partial charge < -0.3 is 26.2 Å². The second-order valence-corrected chi connectivity index (χ2v) is 47.7. The van der Waals surface area contributed by atoms with E-state index in [1.807, 2.05) is 24.4 Å². The summed E-state index contributed by atoms with van der Waals surface area (Å²) < 4.78 is 0. The Morgan fingerprint density at radius 2 is 0.673 bits per heavy atom. The number of anilines is 1. The molecule has 0 spiro atoms. The second-order valence-electron chi connectivity index (χ2n) is 47.7. The predicted octanol–water partition coefficient (Wildman–Crippen LogP) is 36.6. The van der Waals surface area contributed by atoms with Crippen LogP contribution in [-0.4, -0.2) is 46.4 Å². The van der Waals surface area contributed by atoms with Crippen molar-refractivity contribution in [2.45, 2.75) is 410 Å². The maximum absolute atomic E-state index is 11.7. The lowest BCUT2D eigenvalue weighted by molar-refractivity contribution is 0.0964. The fraction of sp³-hybridized carbons (Fsp3) is 0.486. The van der Waals surface area contributed by atoms with Gasteiger partial charge in [-0.05, 0) is 400 Å². The molecule has 0 amide bonds. The summed E-state index contributed by atoms with van der Waals surface area (Å²) in [5.41, 5.74) is 40.2. The van der Waals surface area contributed by atoms with Crippen LogP contribution in [0.25, 0.3) is 0 Å². The Labute approximate surface area is 910 Å². The van der Waals surface area contributed by atoms with E-state index < -0.39 is 0 Å². The molecule has 10 aliphatic rings. The summed E-state index contributed by atoms with van der Waals surface area (Å²) in [6, 6.07) is 87.9. The summed E-state index contributed by atoms with van der Waals surface area (Å²) in [5.74, 6) is 11.0. The van der Waals surface area contributed by atoms with Crippen LogP contribution in [0, 0.1) is 17.8 Å². The van der Waals surface area contributed by atoms with Crippen molar-refractivity contribution in [2.75, 3.05) is 25.0 Å². The first-order valence-corrected chi connectivity index (χ1v) is 58.6. The smallest absolute Gasteiger partial charge is 0.163 e.